The Morgan fingerprint density at radius 1 is 1.32 bits per heavy atom. The molecule has 150 valence electrons. The highest BCUT2D eigenvalue weighted by atomic mass is 32.2. The minimum atomic E-state index is -4.60. The summed E-state index contributed by atoms with van der Waals surface area (Å²) in [6.45, 7) is -0.927. The molecule has 0 bridgehead atoms. The van der Waals surface area contributed by atoms with Crippen molar-refractivity contribution in [1.29, 1.82) is 0 Å². The van der Waals surface area contributed by atoms with Crippen LogP contribution in [0.2, 0.25) is 0 Å². The zero-order valence-electron chi connectivity index (χ0n) is 14.6. The summed E-state index contributed by atoms with van der Waals surface area (Å²) in [5, 5.41) is 8.71. The molecule has 3 aromatic heterocycles. The fourth-order valence-electron chi connectivity index (χ4n) is 3.50. The van der Waals surface area contributed by atoms with Gasteiger partial charge in [0, 0.05) is 30.1 Å². The number of aromatic nitrogens is 4. The maximum atomic E-state index is 12.4. The average Bonchev–Trinajstić information content (AvgIpc) is 3.15. The highest BCUT2D eigenvalue weighted by Crippen LogP contribution is 2.32. The minimum absolute atomic E-state index is 0.0716. The van der Waals surface area contributed by atoms with Gasteiger partial charge in [-0.2, -0.15) is 18.3 Å². The summed E-state index contributed by atoms with van der Waals surface area (Å²) in [7, 11) is -4.11. The van der Waals surface area contributed by atoms with E-state index >= 15 is 0 Å². The van der Waals surface area contributed by atoms with E-state index in [-0.39, 0.29) is 6.54 Å². The van der Waals surface area contributed by atoms with E-state index in [0.29, 0.717) is 36.2 Å². The average molecular weight is 414 g/mol. The molecular formula is C16H17F3N6O2S. The first kappa shape index (κ1) is 18.9. The van der Waals surface area contributed by atoms with Crippen LogP contribution in [0.3, 0.4) is 0 Å². The van der Waals surface area contributed by atoms with Gasteiger partial charge in [0.25, 0.3) is 0 Å². The molecule has 28 heavy (non-hydrogen) atoms. The quantitative estimate of drug-likeness (QED) is 0.676. The molecule has 3 aromatic rings. The summed E-state index contributed by atoms with van der Waals surface area (Å²) in [5.41, 5.74) is 1.91. The van der Waals surface area contributed by atoms with Gasteiger partial charge in [-0.05, 0) is 18.9 Å². The van der Waals surface area contributed by atoms with Crippen molar-refractivity contribution in [1.82, 2.24) is 24.9 Å². The predicted octanol–water partition coefficient (Wildman–Crippen LogP) is 1.96. The molecule has 4 rings (SSSR count). The number of hydrogen-bond acceptors (Lipinski definition) is 6. The van der Waals surface area contributed by atoms with Gasteiger partial charge in [-0.25, -0.2) is 18.1 Å². The Balaban J connectivity index is 1.66. The fraction of sp³-hybridized carbons (Fsp3) is 0.438. The number of anilines is 1. The van der Waals surface area contributed by atoms with E-state index in [0.717, 1.165) is 10.8 Å². The van der Waals surface area contributed by atoms with Gasteiger partial charge >= 0.3 is 6.18 Å². The smallest absolute Gasteiger partial charge is 0.368 e. The van der Waals surface area contributed by atoms with Crippen LogP contribution in [0.5, 0.6) is 0 Å². The Morgan fingerprint density at radius 3 is 2.93 bits per heavy atom. The Morgan fingerprint density at radius 2 is 2.14 bits per heavy atom. The molecule has 2 N–H and O–H groups in total. The van der Waals surface area contributed by atoms with Crippen LogP contribution >= 0.6 is 0 Å². The summed E-state index contributed by atoms with van der Waals surface area (Å²) >= 11 is 0. The maximum absolute atomic E-state index is 12.4. The van der Waals surface area contributed by atoms with E-state index in [9.17, 15) is 21.6 Å². The van der Waals surface area contributed by atoms with E-state index in [1.165, 1.54) is 0 Å². The monoisotopic (exact) mass is 414 g/mol. The van der Waals surface area contributed by atoms with Crippen LogP contribution in [0.1, 0.15) is 12.8 Å². The zero-order chi connectivity index (χ0) is 19.9. The number of sulfonamides is 1. The van der Waals surface area contributed by atoms with Crippen molar-refractivity contribution in [3.63, 3.8) is 0 Å². The van der Waals surface area contributed by atoms with Gasteiger partial charge in [-0.3, -0.25) is 0 Å². The molecular weight excluding hydrogens is 397 g/mol. The van der Waals surface area contributed by atoms with Crippen LogP contribution in [0.25, 0.3) is 21.9 Å². The number of H-pyrrole nitrogens is 1. The van der Waals surface area contributed by atoms with E-state index in [1.807, 2.05) is 11.0 Å². The van der Waals surface area contributed by atoms with E-state index in [1.54, 1.807) is 23.3 Å². The summed E-state index contributed by atoms with van der Waals surface area (Å²) in [5.74, 6) is 0. The summed E-state index contributed by atoms with van der Waals surface area (Å²) in [4.78, 5) is 9.12. The van der Waals surface area contributed by atoms with Crippen LogP contribution in [-0.4, -0.2) is 59.6 Å². The van der Waals surface area contributed by atoms with E-state index in [4.69, 9.17) is 0 Å². The van der Waals surface area contributed by atoms with Crippen molar-refractivity contribution in [2.24, 2.45) is 0 Å². The normalized spacial score (nSPS) is 18.8. The maximum Gasteiger partial charge on any atom is 0.402 e. The first-order valence-electron chi connectivity index (χ1n) is 8.62. The first-order chi connectivity index (χ1) is 13.2. The van der Waals surface area contributed by atoms with Gasteiger partial charge in [0.2, 0.25) is 10.0 Å². The largest absolute Gasteiger partial charge is 0.402 e. The van der Waals surface area contributed by atoms with Crippen LogP contribution in [-0.2, 0) is 10.0 Å². The molecule has 1 unspecified atom stereocenters. The van der Waals surface area contributed by atoms with E-state index in [2.05, 4.69) is 20.2 Å². The van der Waals surface area contributed by atoms with Crippen molar-refractivity contribution < 1.29 is 21.6 Å². The number of hydrogen-bond donors (Lipinski definition) is 2. The number of fused-ring (bicyclic) bond motifs is 3. The van der Waals surface area contributed by atoms with Gasteiger partial charge in [0.15, 0.2) is 0 Å². The summed E-state index contributed by atoms with van der Waals surface area (Å²) in [6.07, 6.45) is 1.09. The van der Waals surface area contributed by atoms with E-state index < -0.39 is 28.0 Å². The number of aromatic amines is 1. The van der Waals surface area contributed by atoms with Crippen molar-refractivity contribution in [3.05, 3.63) is 24.7 Å². The van der Waals surface area contributed by atoms with Crippen LogP contribution in [0, 0.1) is 0 Å². The fourth-order valence-corrected chi connectivity index (χ4v) is 4.96. The Hall–Kier alpha value is -2.47. The minimum Gasteiger partial charge on any atom is -0.368 e. The van der Waals surface area contributed by atoms with Gasteiger partial charge in [-0.15, -0.1) is 5.10 Å². The molecule has 0 saturated carbocycles. The lowest BCUT2D eigenvalue weighted by Crippen LogP contribution is -2.48. The SMILES string of the molecule is O=S(=O)(NCC(F)(F)F)C1CCCN(c2cnnc3cnc4[nH]ccc4c23)C1. The lowest BCUT2D eigenvalue weighted by Gasteiger charge is -2.34. The van der Waals surface area contributed by atoms with Crippen molar-refractivity contribution in [2.75, 3.05) is 24.5 Å². The van der Waals surface area contributed by atoms with Gasteiger partial charge < -0.3 is 9.88 Å². The summed E-state index contributed by atoms with van der Waals surface area (Å²) in [6, 6.07) is 1.85. The number of nitrogens with zero attached hydrogens (tertiary/aromatic N) is 4. The Bertz CT molecular complexity index is 1110. The number of nitrogens with one attached hydrogen (secondary N) is 2. The number of halogens is 3. The molecule has 8 nitrogen and oxygen atoms in total. The lowest BCUT2D eigenvalue weighted by molar-refractivity contribution is -0.121. The molecule has 1 aliphatic heterocycles. The standard InChI is InChI=1S/C16H17F3N6O2S/c17-16(18,19)9-23-28(26,27)10-2-1-5-25(8-10)13-7-22-24-12-6-21-15-11(14(12)13)3-4-20-15/h3-4,6-7,10,23H,1-2,5,8-9H2,(H,20,21). The van der Waals surface area contributed by atoms with Crippen molar-refractivity contribution in [2.45, 2.75) is 24.3 Å². The topological polar surface area (TPSA) is 104 Å². The molecule has 4 heterocycles. The van der Waals surface area contributed by atoms with Crippen molar-refractivity contribution >= 4 is 37.6 Å². The molecule has 0 aromatic carbocycles. The molecule has 1 fully saturated rings. The highest BCUT2D eigenvalue weighted by molar-refractivity contribution is 7.90. The number of alkyl halides is 3. The van der Waals surface area contributed by atoms with Gasteiger partial charge in [0.1, 0.15) is 17.7 Å². The molecule has 12 heteroatoms. The molecule has 1 aliphatic rings. The van der Waals surface area contributed by atoms with Crippen LogP contribution in [0.15, 0.2) is 24.7 Å². The second-order valence-electron chi connectivity index (χ2n) is 6.68. The first-order valence-corrected chi connectivity index (χ1v) is 10.2. The molecule has 1 atom stereocenters. The third-order valence-corrected chi connectivity index (χ3v) is 6.61. The number of piperidine rings is 1. The third kappa shape index (κ3) is 3.61. The van der Waals surface area contributed by atoms with Crippen molar-refractivity contribution in [3.8, 4) is 0 Å². The predicted molar refractivity (Wildman–Crippen MR) is 97.4 cm³/mol. The number of pyridine rings is 1. The Kier molecular flexibility index (Phi) is 4.62. The molecule has 1 saturated heterocycles. The molecule has 0 radical (unpaired) electrons. The summed E-state index contributed by atoms with van der Waals surface area (Å²) < 4.78 is 63.7. The second kappa shape index (κ2) is 6.85. The zero-order valence-corrected chi connectivity index (χ0v) is 15.4. The number of rotatable bonds is 4. The molecule has 0 spiro atoms. The molecule has 0 amide bonds. The Labute approximate surface area is 158 Å². The van der Waals surface area contributed by atoms with Gasteiger partial charge in [0.05, 0.1) is 23.3 Å². The molecule has 0 aliphatic carbocycles. The highest BCUT2D eigenvalue weighted by Gasteiger charge is 2.35. The lowest BCUT2D eigenvalue weighted by atomic mass is 10.1. The third-order valence-electron chi connectivity index (χ3n) is 4.80. The van der Waals surface area contributed by atoms with Crippen LogP contribution < -0.4 is 9.62 Å². The van der Waals surface area contributed by atoms with Crippen LogP contribution in [0.4, 0.5) is 18.9 Å². The van der Waals surface area contributed by atoms with Gasteiger partial charge in [-0.1, -0.05) is 0 Å². The second-order valence-corrected chi connectivity index (χ2v) is 8.73.